The third-order valence-electron chi connectivity index (χ3n) is 7.43. The van der Waals surface area contributed by atoms with Crippen LogP contribution in [-0.2, 0) is 14.3 Å². The number of carbonyl (C=O) groups is 1. The van der Waals surface area contributed by atoms with Crippen molar-refractivity contribution < 1.29 is 19.4 Å². The Kier molecular flexibility index (Phi) is 31.1. The van der Waals surface area contributed by atoms with Crippen LogP contribution in [-0.4, -0.2) is 37.0 Å². The van der Waals surface area contributed by atoms with Gasteiger partial charge in [0.05, 0.1) is 13.2 Å². The summed E-state index contributed by atoms with van der Waals surface area (Å²) in [5, 5.41) is 9.40. The zero-order valence-electron chi connectivity index (χ0n) is 25.3. The van der Waals surface area contributed by atoms with Crippen LogP contribution < -0.4 is 0 Å². The molecule has 0 bridgehead atoms. The van der Waals surface area contributed by atoms with Crippen molar-refractivity contribution in [1.29, 1.82) is 0 Å². The quantitative estimate of drug-likeness (QED) is 0.0721. The first-order chi connectivity index (χ1) is 18.2. The molecule has 222 valence electrons. The van der Waals surface area contributed by atoms with E-state index >= 15 is 0 Å². The van der Waals surface area contributed by atoms with E-state index in [1.807, 2.05) is 0 Å². The Balaban J connectivity index is 3.25. The standard InChI is InChI=1S/C33H66O4/c1-3-5-7-9-10-11-12-13-14-15-16-17-18-19-20-21-22-23-24-25-27-29-36-31-32(30-34)37-33(35)28-26-8-6-4-2/h32,34H,3-31H2,1-2H3. The highest BCUT2D eigenvalue weighted by Crippen LogP contribution is 2.15. The van der Waals surface area contributed by atoms with Gasteiger partial charge in [-0.3, -0.25) is 4.79 Å². The number of ether oxygens (including phenoxy) is 2. The Morgan fingerprint density at radius 1 is 0.541 bits per heavy atom. The van der Waals surface area contributed by atoms with Crippen LogP contribution in [0.15, 0.2) is 0 Å². The monoisotopic (exact) mass is 526 g/mol. The fraction of sp³-hybridized carbons (Fsp3) is 0.970. The topological polar surface area (TPSA) is 55.8 Å². The second-order valence-corrected chi connectivity index (χ2v) is 11.3. The number of aliphatic hydroxyl groups excluding tert-OH is 1. The molecule has 0 aliphatic carbocycles. The highest BCUT2D eigenvalue weighted by Gasteiger charge is 2.13. The number of rotatable bonds is 31. The minimum atomic E-state index is -0.520. The number of carbonyl (C=O) groups excluding carboxylic acids is 1. The zero-order chi connectivity index (χ0) is 27.1. The maximum atomic E-state index is 11.8. The maximum absolute atomic E-state index is 11.8. The molecule has 4 nitrogen and oxygen atoms in total. The van der Waals surface area contributed by atoms with Crippen LogP contribution in [0.25, 0.3) is 0 Å². The summed E-state index contributed by atoms with van der Waals surface area (Å²) in [5.41, 5.74) is 0. The van der Waals surface area contributed by atoms with Crippen molar-refractivity contribution in [3.05, 3.63) is 0 Å². The van der Waals surface area contributed by atoms with Crippen LogP contribution in [0.5, 0.6) is 0 Å². The minimum absolute atomic E-state index is 0.167. The zero-order valence-corrected chi connectivity index (χ0v) is 25.3. The molecule has 0 rings (SSSR count). The highest BCUT2D eigenvalue weighted by molar-refractivity contribution is 5.69. The van der Waals surface area contributed by atoms with Gasteiger partial charge in [0.25, 0.3) is 0 Å². The predicted molar refractivity (Wildman–Crippen MR) is 159 cm³/mol. The van der Waals surface area contributed by atoms with E-state index in [1.165, 1.54) is 128 Å². The van der Waals surface area contributed by atoms with Gasteiger partial charge in [-0.25, -0.2) is 0 Å². The van der Waals surface area contributed by atoms with Crippen molar-refractivity contribution in [2.24, 2.45) is 0 Å². The van der Waals surface area contributed by atoms with E-state index in [9.17, 15) is 9.90 Å². The van der Waals surface area contributed by atoms with Crippen LogP contribution in [0.2, 0.25) is 0 Å². The molecule has 0 aromatic heterocycles. The Labute approximate surface area is 232 Å². The number of unbranched alkanes of at least 4 members (excludes halogenated alkanes) is 23. The Bertz CT molecular complexity index is 440. The van der Waals surface area contributed by atoms with E-state index in [4.69, 9.17) is 9.47 Å². The molecule has 0 saturated heterocycles. The summed E-state index contributed by atoms with van der Waals surface area (Å²) in [4.78, 5) is 11.8. The molecule has 0 heterocycles. The van der Waals surface area contributed by atoms with Gasteiger partial charge in [-0.05, 0) is 12.8 Å². The van der Waals surface area contributed by atoms with Crippen molar-refractivity contribution >= 4 is 5.97 Å². The van der Waals surface area contributed by atoms with Crippen molar-refractivity contribution in [3.63, 3.8) is 0 Å². The molecule has 0 fully saturated rings. The van der Waals surface area contributed by atoms with Crippen LogP contribution in [0.3, 0.4) is 0 Å². The van der Waals surface area contributed by atoms with Gasteiger partial charge >= 0.3 is 5.97 Å². The Hall–Kier alpha value is -0.610. The summed E-state index contributed by atoms with van der Waals surface area (Å²) in [6.45, 7) is 5.26. The Morgan fingerprint density at radius 3 is 1.27 bits per heavy atom. The van der Waals surface area contributed by atoms with Crippen molar-refractivity contribution in [1.82, 2.24) is 0 Å². The number of hydrogen-bond acceptors (Lipinski definition) is 4. The van der Waals surface area contributed by atoms with Gasteiger partial charge in [-0.1, -0.05) is 162 Å². The van der Waals surface area contributed by atoms with E-state index in [0.717, 1.165) is 32.1 Å². The molecule has 0 aromatic carbocycles. The van der Waals surface area contributed by atoms with E-state index in [0.29, 0.717) is 19.6 Å². The lowest BCUT2D eigenvalue weighted by atomic mass is 10.0. The second-order valence-electron chi connectivity index (χ2n) is 11.3. The number of hydrogen-bond donors (Lipinski definition) is 1. The summed E-state index contributed by atoms with van der Waals surface area (Å²) in [6.07, 6.45) is 33.3. The largest absolute Gasteiger partial charge is 0.457 e. The molecule has 1 atom stereocenters. The first-order valence-electron chi connectivity index (χ1n) is 16.6. The molecule has 0 aliphatic rings. The summed E-state index contributed by atoms with van der Waals surface area (Å²) in [7, 11) is 0. The molecule has 0 spiro atoms. The van der Waals surface area contributed by atoms with Gasteiger partial charge < -0.3 is 14.6 Å². The molecular formula is C33H66O4. The second kappa shape index (κ2) is 31.6. The van der Waals surface area contributed by atoms with Crippen LogP contribution in [0.4, 0.5) is 0 Å². The average Bonchev–Trinajstić information content (AvgIpc) is 2.90. The fourth-order valence-electron chi connectivity index (χ4n) is 4.92. The van der Waals surface area contributed by atoms with Crippen molar-refractivity contribution in [2.45, 2.75) is 187 Å². The molecule has 1 N–H and O–H groups in total. The van der Waals surface area contributed by atoms with Gasteiger partial charge in [0.15, 0.2) is 0 Å². The lowest BCUT2D eigenvalue weighted by Gasteiger charge is -2.15. The lowest BCUT2D eigenvalue weighted by molar-refractivity contribution is -0.154. The minimum Gasteiger partial charge on any atom is -0.457 e. The summed E-state index contributed by atoms with van der Waals surface area (Å²) in [5.74, 6) is -0.215. The SMILES string of the molecule is CCCCCCCCCCCCCCCCCCCCCCCOCC(CO)OC(=O)CCCCCC. The van der Waals surface area contributed by atoms with Crippen LogP contribution >= 0.6 is 0 Å². The normalized spacial score (nSPS) is 12.2. The van der Waals surface area contributed by atoms with Gasteiger partial charge in [0.2, 0.25) is 0 Å². The highest BCUT2D eigenvalue weighted by atomic mass is 16.6. The Morgan fingerprint density at radius 2 is 0.892 bits per heavy atom. The van der Waals surface area contributed by atoms with Gasteiger partial charge in [0, 0.05) is 13.0 Å². The van der Waals surface area contributed by atoms with E-state index in [2.05, 4.69) is 13.8 Å². The van der Waals surface area contributed by atoms with E-state index < -0.39 is 6.10 Å². The van der Waals surface area contributed by atoms with Gasteiger partial charge in [-0.15, -0.1) is 0 Å². The third kappa shape index (κ3) is 29.8. The first kappa shape index (κ1) is 36.4. The molecule has 0 saturated carbocycles. The molecule has 1 unspecified atom stereocenters. The molecule has 37 heavy (non-hydrogen) atoms. The molecule has 0 radical (unpaired) electrons. The number of esters is 1. The van der Waals surface area contributed by atoms with E-state index in [1.54, 1.807) is 0 Å². The molecule has 0 amide bonds. The maximum Gasteiger partial charge on any atom is 0.306 e. The van der Waals surface area contributed by atoms with Crippen molar-refractivity contribution in [2.75, 3.05) is 19.8 Å². The number of aliphatic hydroxyl groups is 1. The lowest BCUT2D eigenvalue weighted by Crippen LogP contribution is -2.27. The summed E-state index contributed by atoms with van der Waals surface area (Å²) < 4.78 is 10.9. The fourth-order valence-corrected chi connectivity index (χ4v) is 4.92. The first-order valence-corrected chi connectivity index (χ1v) is 16.6. The smallest absolute Gasteiger partial charge is 0.306 e. The average molecular weight is 527 g/mol. The van der Waals surface area contributed by atoms with Crippen LogP contribution in [0, 0.1) is 0 Å². The summed E-state index contributed by atoms with van der Waals surface area (Å²) >= 11 is 0. The third-order valence-corrected chi connectivity index (χ3v) is 7.43. The van der Waals surface area contributed by atoms with E-state index in [-0.39, 0.29) is 12.6 Å². The van der Waals surface area contributed by atoms with Gasteiger partial charge in [0.1, 0.15) is 6.10 Å². The summed E-state index contributed by atoms with van der Waals surface area (Å²) in [6, 6.07) is 0. The predicted octanol–water partition coefficient (Wildman–Crippen LogP) is 10.1. The van der Waals surface area contributed by atoms with Gasteiger partial charge in [-0.2, -0.15) is 0 Å². The molecular weight excluding hydrogens is 460 g/mol. The molecule has 0 aliphatic heterocycles. The van der Waals surface area contributed by atoms with Crippen molar-refractivity contribution in [3.8, 4) is 0 Å². The molecule has 4 heteroatoms. The molecule has 0 aromatic rings. The van der Waals surface area contributed by atoms with Crippen LogP contribution in [0.1, 0.15) is 181 Å².